The van der Waals surface area contributed by atoms with Gasteiger partial charge in [-0.3, -0.25) is 4.99 Å². The molecule has 146 valence electrons. The summed E-state index contributed by atoms with van der Waals surface area (Å²) in [7, 11) is 1.63. The van der Waals surface area contributed by atoms with Gasteiger partial charge in [-0.2, -0.15) is 0 Å². The second kappa shape index (κ2) is 9.12. The number of nitrogens with zero attached hydrogens (tertiary/aromatic N) is 3. The van der Waals surface area contributed by atoms with E-state index in [2.05, 4.69) is 37.3 Å². The Morgan fingerprint density at radius 1 is 1.07 bits per heavy atom. The van der Waals surface area contributed by atoms with Crippen molar-refractivity contribution in [3.05, 3.63) is 89.0 Å². The average molecular weight is 383 g/mol. The van der Waals surface area contributed by atoms with Crippen molar-refractivity contribution in [1.82, 2.24) is 20.2 Å². The molecule has 0 aliphatic heterocycles. The first kappa shape index (κ1) is 19.5. The molecule has 0 spiro atoms. The number of hydrogen-bond acceptors (Lipinski definition) is 2. The molecule has 5 nitrogen and oxygen atoms in total. The van der Waals surface area contributed by atoms with Crippen LogP contribution in [0.1, 0.15) is 22.5 Å². The fraction of sp³-hybridized carbons (Fsp3) is 0.238. The van der Waals surface area contributed by atoms with Crippen LogP contribution in [0.25, 0.3) is 0 Å². The smallest absolute Gasteiger partial charge is 0.191 e. The summed E-state index contributed by atoms with van der Waals surface area (Å²) in [6.45, 7) is 3.43. The van der Waals surface area contributed by atoms with Crippen LogP contribution in [0.2, 0.25) is 0 Å². The number of guanidine groups is 1. The van der Waals surface area contributed by atoms with E-state index in [1.807, 2.05) is 25.3 Å². The fourth-order valence-electron chi connectivity index (χ4n) is 2.87. The topological polar surface area (TPSA) is 54.2 Å². The Labute approximate surface area is 163 Å². The minimum Gasteiger partial charge on any atom is -0.352 e. The number of imidazole rings is 1. The Hall–Kier alpha value is -3.22. The van der Waals surface area contributed by atoms with Gasteiger partial charge in [0.25, 0.3) is 0 Å². The molecule has 1 aromatic heterocycles. The van der Waals surface area contributed by atoms with Gasteiger partial charge in [0.15, 0.2) is 5.96 Å². The molecule has 2 N–H and O–H groups in total. The number of halogens is 2. The lowest BCUT2D eigenvalue weighted by molar-refractivity contribution is 0.581. The van der Waals surface area contributed by atoms with Gasteiger partial charge >= 0.3 is 0 Å². The number of rotatable bonds is 6. The second-order valence-corrected chi connectivity index (χ2v) is 6.44. The predicted molar refractivity (Wildman–Crippen MR) is 106 cm³/mol. The van der Waals surface area contributed by atoms with Gasteiger partial charge in [0.1, 0.15) is 17.5 Å². The molecule has 0 aliphatic rings. The first-order valence-electron chi connectivity index (χ1n) is 8.99. The van der Waals surface area contributed by atoms with Crippen molar-refractivity contribution in [2.24, 2.45) is 4.99 Å². The van der Waals surface area contributed by atoms with E-state index in [-0.39, 0.29) is 12.1 Å². The molecule has 0 saturated carbocycles. The lowest BCUT2D eigenvalue weighted by atomic mass is 10.1. The SMILES string of the molecule is CN=C(NCc1cccc(Cn2ccnc2C)c1)NCc1cc(F)ccc1F. The highest BCUT2D eigenvalue weighted by Gasteiger charge is 2.06. The van der Waals surface area contributed by atoms with Crippen molar-refractivity contribution in [1.29, 1.82) is 0 Å². The number of aryl methyl sites for hydroxylation is 1. The Kier molecular flexibility index (Phi) is 6.37. The Morgan fingerprint density at radius 2 is 1.86 bits per heavy atom. The molecule has 0 bridgehead atoms. The van der Waals surface area contributed by atoms with Crippen LogP contribution in [-0.2, 0) is 19.6 Å². The van der Waals surface area contributed by atoms with E-state index in [0.717, 1.165) is 30.1 Å². The van der Waals surface area contributed by atoms with Gasteiger partial charge in [-0.05, 0) is 36.2 Å². The number of aromatic nitrogens is 2. The van der Waals surface area contributed by atoms with Gasteiger partial charge in [0.05, 0.1) is 0 Å². The summed E-state index contributed by atoms with van der Waals surface area (Å²) in [5.74, 6) is 0.565. The Morgan fingerprint density at radius 3 is 2.61 bits per heavy atom. The standard InChI is InChI=1S/C21H23F2N5/c1-15-25-8-9-28(15)14-17-5-3-4-16(10-17)12-26-21(24-2)27-13-18-11-19(22)6-7-20(18)23/h3-11H,12-14H2,1-2H3,(H2,24,26,27). The zero-order valence-corrected chi connectivity index (χ0v) is 15.9. The molecule has 3 rings (SSSR count). The molecule has 2 aromatic carbocycles. The lowest BCUT2D eigenvalue weighted by Gasteiger charge is -2.13. The number of nitrogens with one attached hydrogen (secondary N) is 2. The zero-order chi connectivity index (χ0) is 19.9. The van der Waals surface area contributed by atoms with E-state index in [1.54, 1.807) is 13.2 Å². The maximum Gasteiger partial charge on any atom is 0.191 e. The summed E-state index contributed by atoms with van der Waals surface area (Å²) < 4.78 is 29.1. The highest BCUT2D eigenvalue weighted by atomic mass is 19.1. The highest BCUT2D eigenvalue weighted by Crippen LogP contribution is 2.10. The van der Waals surface area contributed by atoms with Crippen LogP contribution in [0.5, 0.6) is 0 Å². The molecule has 0 saturated heterocycles. The van der Waals surface area contributed by atoms with E-state index in [1.165, 1.54) is 11.6 Å². The molecule has 1 heterocycles. The van der Waals surface area contributed by atoms with Crippen molar-refractivity contribution in [2.75, 3.05) is 7.05 Å². The van der Waals surface area contributed by atoms with Gasteiger partial charge in [0, 0.05) is 44.6 Å². The molecular formula is C21H23F2N5. The van der Waals surface area contributed by atoms with Crippen LogP contribution in [0.3, 0.4) is 0 Å². The molecular weight excluding hydrogens is 360 g/mol. The van der Waals surface area contributed by atoms with Crippen LogP contribution in [0, 0.1) is 18.6 Å². The number of benzene rings is 2. The van der Waals surface area contributed by atoms with Crippen molar-refractivity contribution in [2.45, 2.75) is 26.6 Å². The molecule has 28 heavy (non-hydrogen) atoms. The normalized spacial score (nSPS) is 11.5. The van der Waals surface area contributed by atoms with Crippen LogP contribution in [0.4, 0.5) is 8.78 Å². The summed E-state index contributed by atoms with van der Waals surface area (Å²) >= 11 is 0. The largest absolute Gasteiger partial charge is 0.352 e. The minimum atomic E-state index is -0.467. The van der Waals surface area contributed by atoms with E-state index >= 15 is 0 Å². The van der Waals surface area contributed by atoms with Gasteiger partial charge in [0.2, 0.25) is 0 Å². The molecule has 0 aliphatic carbocycles. The maximum atomic E-state index is 13.7. The number of hydrogen-bond donors (Lipinski definition) is 2. The lowest BCUT2D eigenvalue weighted by Crippen LogP contribution is -2.36. The first-order valence-corrected chi connectivity index (χ1v) is 8.99. The van der Waals surface area contributed by atoms with Crippen LogP contribution in [0.15, 0.2) is 59.9 Å². The van der Waals surface area contributed by atoms with Crippen LogP contribution >= 0.6 is 0 Å². The van der Waals surface area contributed by atoms with E-state index in [4.69, 9.17) is 0 Å². The molecule has 0 fully saturated rings. The van der Waals surface area contributed by atoms with Crippen molar-refractivity contribution >= 4 is 5.96 Å². The quantitative estimate of drug-likeness (QED) is 0.507. The summed E-state index contributed by atoms with van der Waals surface area (Å²) in [4.78, 5) is 8.37. The highest BCUT2D eigenvalue weighted by molar-refractivity contribution is 5.79. The van der Waals surface area contributed by atoms with Crippen LogP contribution in [-0.4, -0.2) is 22.6 Å². The van der Waals surface area contributed by atoms with Crippen molar-refractivity contribution < 1.29 is 8.78 Å². The minimum absolute atomic E-state index is 0.142. The molecule has 3 aromatic rings. The average Bonchev–Trinajstić information content (AvgIpc) is 3.09. The van der Waals surface area contributed by atoms with Crippen molar-refractivity contribution in [3.8, 4) is 0 Å². The molecule has 0 unspecified atom stereocenters. The molecule has 7 heteroatoms. The second-order valence-electron chi connectivity index (χ2n) is 6.44. The summed E-state index contributed by atoms with van der Waals surface area (Å²) in [5.41, 5.74) is 2.51. The fourth-order valence-corrected chi connectivity index (χ4v) is 2.87. The third kappa shape index (κ3) is 5.16. The van der Waals surface area contributed by atoms with E-state index in [0.29, 0.717) is 12.5 Å². The van der Waals surface area contributed by atoms with Crippen LogP contribution < -0.4 is 10.6 Å². The molecule has 0 amide bonds. The Balaban J connectivity index is 1.57. The van der Waals surface area contributed by atoms with Gasteiger partial charge in [-0.15, -0.1) is 0 Å². The number of aliphatic imine (C=N–C) groups is 1. The maximum absolute atomic E-state index is 13.7. The molecule has 0 radical (unpaired) electrons. The summed E-state index contributed by atoms with van der Waals surface area (Å²) in [6.07, 6.45) is 3.75. The Bertz CT molecular complexity index is 965. The predicted octanol–water partition coefficient (Wildman–Crippen LogP) is 3.38. The van der Waals surface area contributed by atoms with Gasteiger partial charge in [-0.1, -0.05) is 24.3 Å². The van der Waals surface area contributed by atoms with Gasteiger partial charge < -0.3 is 15.2 Å². The first-order chi connectivity index (χ1) is 13.5. The third-order valence-electron chi connectivity index (χ3n) is 4.41. The monoisotopic (exact) mass is 383 g/mol. The van der Waals surface area contributed by atoms with E-state index in [9.17, 15) is 8.78 Å². The summed E-state index contributed by atoms with van der Waals surface area (Å²) in [6, 6.07) is 11.6. The zero-order valence-electron chi connectivity index (χ0n) is 15.9. The molecule has 0 atom stereocenters. The van der Waals surface area contributed by atoms with Gasteiger partial charge in [-0.25, -0.2) is 13.8 Å². The third-order valence-corrected chi connectivity index (χ3v) is 4.41. The van der Waals surface area contributed by atoms with E-state index < -0.39 is 11.6 Å². The van der Waals surface area contributed by atoms with Crippen molar-refractivity contribution in [3.63, 3.8) is 0 Å². The summed E-state index contributed by atoms with van der Waals surface area (Å²) in [5, 5.41) is 6.19.